The van der Waals surface area contributed by atoms with Gasteiger partial charge in [0.2, 0.25) is 0 Å². The van der Waals surface area contributed by atoms with E-state index >= 15 is 0 Å². The topological polar surface area (TPSA) is 29.5 Å². The van der Waals surface area contributed by atoms with Crippen molar-refractivity contribution in [2.24, 2.45) is 0 Å². The van der Waals surface area contributed by atoms with Crippen LogP contribution >= 0.6 is 0 Å². The van der Waals surface area contributed by atoms with Gasteiger partial charge in [-0.3, -0.25) is 0 Å². The van der Waals surface area contributed by atoms with Crippen LogP contribution in [0.1, 0.15) is 43.2 Å². The molecule has 21 heavy (non-hydrogen) atoms. The fourth-order valence-electron chi connectivity index (χ4n) is 3.12. The van der Waals surface area contributed by atoms with Crippen molar-refractivity contribution in [1.82, 2.24) is 0 Å². The molecule has 1 N–H and O–H groups in total. The predicted molar refractivity (Wildman–Crippen MR) is 84.2 cm³/mol. The van der Waals surface area contributed by atoms with Crippen molar-refractivity contribution >= 4 is 0 Å². The lowest BCUT2D eigenvalue weighted by molar-refractivity contribution is -0.00321. The summed E-state index contributed by atoms with van der Waals surface area (Å²) in [7, 11) is 0. The monoisotopic (exact) mass is 282 g/mol. The fourth-order valence-corrected chi connectivity index (χ4v) is 3.12. The fraction of sp³-hybridized carbons (Fsp3) is 0.368. The van der Waals surface area contributed by atoms with Crippen molar-refractivity contribution in [3.05, 3.63) is 65.7 Å². The lowest BCUT2D eigenvalue weighted by Gasteiger charge is -2.33. The van der Waals surface area contributed by atoms with Gasteiger partial charge in [0, 0.05) is 5.56 Å². The Hall–Kier alpha value is -1.80. The smallest absolute Gasteiger partial charge is 0.125 e. The Balaban J connectivity index is 1.79. The molecule has 1 aliphatic rings. The molecule has 2 aromatic rings. The number of para-hydroxylation sites is 1. The molecule has 0 aliphatic heterocycles. The van der Waals surface area contributed by atoms with E-state index in [1.54, 1.807) is 0 Å². The summed E-state index contributed by atoms with van der Waals surface area (Å²) in [5.41, 5.74) is 1.37. The van der Waals surface area contributed by atoms with E-state index < -0.39 is 5.60 Å². The zero-order chi connectivity index (χ0) is 14.5. The minimum atomic E-state index is -0.717. The average molecular weight is 282 g/mol. The van der Waals surface area contributed by atoms with Crippen molar-refractivity contribution in [3.63, 3.8) is 0 Å². The predicted octanol–water partition coefficient (Wildman–Crippen LogP) is 4.42. The lowest BCUT2D eigenvalue weighted by Crippen LogP contribution is -2.29. The normalized spacial score (nSPS) is 17.4. The van der Waals surface area contributed by atoms with Gasteiger partial charge in [0.1, 0.15) is 12.4 Å². The van der Waals surface area contributed by atoms with Crippen LogP contribution in [0.4, 0.5) is 0 Å². The third-order valence-electron chi connectivity index (χ3n) is 4.31. The van der Waals surface area contributed by atoms with Gasteiger partial charge in [-0.15, -0.1) is 0 Å². The molecular formula is C19H22O2. The molecular weight excluding hydrogens is 260 g/mol. The Morgan fingerprint density at radius 2 is 1.52 bits per heavy atom. The highest BCUT2D eigenvalue weighted by Crippen LogP contribution is 2.41. The van der Waals surface area contributed by atoms with Gasteiger partial charge in [0.15, 0.2) is 0 Å². The molecule has 2 heteroatoms. The van der Waals surface area contributed by atoms with Crippen molar-refractivity contribution in [2.75, 3.05) is 0 Å². The van der Waals surface area contributed by atoms with Crippen LogP contribution in [0.2, 0.25) is 0 Å². The molecule has 0 aromatic heterocycles. The third-order valence-corrected chi connectivity index (χ3v) is 4.31. The molecule has 0 spiro atoms. The number of hydrogen-bond donors (Lipinski definition) is 1. The first kappa shape index (κ1) is 14.2. The standard InChI is InChI=1S/C19H22O2/c20-19(13-7-2-8-14-19)17-11-5-6-12-18(17)21-15-16-9-3-1-4-10-16/h1,3-6,9-12,20H,2,7-8,13-15H2. The van der Waals surface area contributed by atoms with Crippen molar-refractivity contribution in [2.45, 2.75) is 44.3 Å². The summed E-state index contributed by atoms with van der Waals surface area (Å²) in [5.74, 6) is 0.811. The van der Waals surface area contributed by atoms with Gasteiger partial charge in [-0.25, -0.2) is 0 Å². The molecule has 2 nitrogen and oxygen atoms in total. The second-order valence-corrected chi connectivity index (χ2v) is 5.86. The largest absolute Gasteiger partial charge is 0.489 e. The molecule has 0 bridgehead atoms. The Morgan fingerprint density at radius 1 is 0.857 bits per heavy atom. The summed E-state index contributed by atoms with van der Waals surface area (Å²) in [4.78, 5) is 0. The molecule has 110 valence electrons. The molecule has 0 saturated heterocycles. The summed E-state index contributed by atoms with van der Waals surface area (Å²) in [6, 6.07) is 18.1. The number of hydrogen-bond acceptors (Lipinski definition) is 2. The molecule has 0 amide bonds. The van der Waals surface area contributed by atoms with Gasteiger partial charge < -0.3 is 9.84 Å². The summed E-state index contributed by atoms with van der Waals surface area (Å²) >= 11 is 0. The summed E-state index contributed by atoms with van der Waals surface area (Å²) in [6.45, 7) is 0.536. The van der Waals surface area contributed by atoms with E-state index in [1.165, 1.54) is 6.42 Å². The first-order chi connectivity index (χ1) is 10.3. The zero-order valence-electron chi connectivity index (χ0n) is 12.3. The molecule has 2 aromatic carbocycles. The van der Waals surface area contributed by atoms with Crippen LogP contribution in [0.3, 0.4) is 0 Å². The maximum absolute atomic E-state index is 10.9. The zero-order valence-corrected chi connectivity index (χ0v) is 12.3. The highest BCUT2D eigenvalue weighted by Gasteiger charge is 2.33. The van der Waals surface area contributed by atoms with E-state index in [-0.39, 0.29) is 0 Å². The van der Waals surface area contributed by atoms with E-state index in [2.05, 4.69) is 12.1 Å². The number of ether oxygens (including phenoxy) is 1. The molecule has 0 radical (unpaired) electrons. The number of aliphatic hydroxyl groups is 1. The van der Waals surface area contributed by atoms with E-state index in [0.717, 1.165) is 42.6 Å². The second kappa shape index (κ2) is 6.31. The van der Waals surface area contributed by atoms with E-state index in [1.807, 2.05) is 42.5 Å². The third kappa shape index (κ3) is 3.27. The summed E-state index contributed by atoms with van der Waals surface area (Å²) in [5, 5.41) is 10.9. The Morgan fingerprint density at radius 3 is 2.29 bits per heavy atom. The lowest BCUT2D eigenvalue weighted by atomic mass is 9.79. The van der Waals surface area contributed by atoms with E-state index in [4.69, 9.17) is 4.74 Å². The van der Waals surface area contributed by atoms with Crippen LogP contribution in [0, 0.1) is 0 Å². The highest BCUT2D eigenvalue weighted by molar-refractivity contribution is 5.38. The van der Waals surface area contributed by atoms with Gasteiger partial charge in [0.05, 0.1) is 5.60 Å². The number of rotatable bonds is 4. The summed E-state index contributed by atoms with van der Waals surface area (Å²) < 4.78 is 5.98. The van der Waals surface area contributed by atoms with Crippen LogP contribution in [-0.4, -0.2) is 5.11 Å². The van der Waals surface area contributed by atoms with Gasteiger partial charge in [0.25, 0.3) is 0 Å². The van der Waals surface area contributed by atoms with Crippen molar-refractivity contribution in [3.8, 4) is 5.75 Å². The van der Waals surface area contributed by atoms with Crippen LogP contribution in [0.25, 0.3) is 0 Å². The van der Waals surface area contributed by atoms with E-state index in [9.17, 15) is 5.11 Å². The molecule has 1 fully saturated rings. The van der Waals surface area contributed by atoms with Gasteiger partial charge in [-0.05, 0) is 24.5 Å². The van der Waals surface area contributed by atoms with Crippen LogP contribution in [0.5, 0.6) is 5.75 Å². The Labute approximate surface area is 126 Å². The molecule has 1 aliphatic carbocycles. The Kier molecular flexibility index (Phi) is 4.26. The van der Waals surface area contributed by atoms with Crippen LogP contribution in [-0.2, 0) is 12.2 Å². The Bertz CT molecular complexity index is 571. The molecule has 0 unspecified atom stereocenters. The molecule has 3 rings (SSSR count). The first-order valence-corrected chi connectivity index (χ1v) is 7.77. The SMILES string of the molecule is OC1(c2ccccc2OCc2ccccc2)CCCCC1. The van der Waals surface area contributed by atoms with Gasteiger partial charge in [-0.2, -0.15) is 0 Å². The van der Waals surface area contributed by atoms with Gasteiger partial charge >= 0.3 is 0 Å². The molecule has 0 heterocycles. The first-order valence-electron chi connectivity index (χ1n) is 7.77. The minimum absolute atomic E-state index is 0.536. The van der Waals surface area contributed by atoms with Crippen molar-refractivity contribution in [1.29, 1.82) is 0 Å². The quantitative estimate of drug-likeness (QED) is 0.899. The van der Waals surface area contributed by atoms with Crippen LogP contribution in [0.15, 0.2) is 54.6 Å². The van der Waals surface area contributed by atoms with Crippen molar-refractivity contribution < 1.29 is 9.84 Å². The minimum Gasteiger partial charge on any atom is -0.489 e. The molecule has 1 saturated carbocycles. The second-order valence-electron chi connectivity index (χ2n) is 5.86. The molecule has 0 atom stereocenters. The van der Waals surface area contributed by atoms with E-state index in [0.29, 0.717) is 6.61 Å². The highest BCUT2D eigenvalue weighted by atomic mass is 16.5. The maximum Gasteiger partial charge on any atom is 0.125 e. The summed E-state index contributed by atoms with van der Waals surface area (Å²) in [6.07, 6.45) is 5.06. The number of benzene rings is 2. The maximum atomic E-state index is 10.9. The average Bonchev–Trinajstić information content (AvgIpc) is 2.55. The van der Waals surface area contributed by atoms with Gasteiger partial charge in [-0.1, -0.05) is 67.8 Å². The van der Waals surface area contributed by atoms with Crippen LogP contribution < -0.4 is 4.74 Å².